The molecule has 0 amide bonds. The van der Waals surface area contributed by atoms with Crippen LogP contribution in [0.4, 0.5) is 0 Å². The van der Waals surface area contributed by atoms with Gasteiger partial charge >= 0.3 is 5.97 Å². The van der Waals surface area contributed by atoms with Gasteiger partial charge in [-0.2, -0.15) is 0 Å². The molecule has 0 N–H and O–H groups in total. The predicted octanol–water partition coefficient (Wildman–Crippen LogP) is 3.71. The minimum atomic E-state index is -0.932. The quantitative estimate of drug-likeness (QED) is 0.679. The van der Waals surface area contributed by atoms with Gasteiger partial charge in [0, 0.05) is 5.56 Å². The summed E-state index contributed by atoms with van der Waals surface area (Å²) in [5, 5.41) is 0.400. The Balaban J connectivity index is 2.25. The predicted molar refractivity (Wildman–Crippen MR) is 94.8 cm³/mol. The summed E-state index contributed by atoms with van der Waals surface area (Å²) in [7, 11) is 1.27. The van der Waals surface area contributed by atoms with Gasteiger partial charge in [-0.1, -0.05) is 36.4 Å². The maximum Gasteiger partial charge on any atom is 0.346 e. The van der Waals surface area contributed by atoms with E-state index in [1.165, 1.54) is 14.0 Å². The second-order valence-corrected chi connectivity index (χ2v) is 5.74. The molecule has 0 aliphatic rings. The van der Waals surface area contributed by atoms with Crippen LogP contribution in [-0.4, -0.2) is 19.2 Å². The number of benzene rings is 2. The number of methoxy groups -OCH3 is 1. The maximum absolute atomic E-state index is 12.9. The summed E-state index contributed by atoms with van der Waals surface area (Å²) in [6.45, 7) is 3.45. The first-order valence-electron chi connectivity index (χ1n) is 7.88. The van der Waals surface area contributed by atoms with Crippen molar-refractivity contribution in [3.63, 3.8) is 0 Å². The topological polar surface area (TPSA) is 65.7 Å². The van der Waals surface area contributed by atoms with Crippen molar-refractivity contribution in [2.24, 2.45) is 0 Å². The number of fused-ring (bicyclic) bond motifs is 1. The van der Waals surface area contributed by atoms with Crippen molar-refractivity contribution in [2.75, 3.05) is 7.11 Å². The molecule has 3 aromatic rings. The fourth-order valence-corrected chi connectivity index (χ4v) is 2.56. The van der Waals surface area contributed by atoms with Crippen LogP contribution < -0.4 is 10.2 Å². The summed E-state index contributed by atoms with van der Waals surface area (Å²) in [6, 6.07) is 14.5. The second kappa shape index (κ2) is 6.81. The lowest BCUT2D eigenvalue weighted by Gasteiger charge is -2.15. The van der Waals surface area contributed by atoms with Gasteiger partial charge in [-0.25, -0.2) is 4.79 Å². The number of hydrogen-bond donors (Lipinski definition) is 0. The first-order valence-corrected chi connectivity index (χ1v) is 7.88. The molecule has 0 radical (unpaired) electrons. The summed E-state index contributed by atoms with van der Waals surface area (Å²) in [4.78, 5) is 24.6. The Morgan fingerprint density at radius 3 is 2.52 bits per heavy atom. The third-order valence-electron chi connectivity index (χ3n) is 3.87. The minimum absolute atomic E-state index is 0.000420. The van der Waals surface area contributed by atoms with E-state index in [0.717, 1.165) is 5.56 Å². The van der Waals surface area contributed by atoms with E-state index in [4.69, 9.17) is 9.15 Å². The molecule has 0 saturated carbocycles. The molecule has 1 heterocycles. The SMILES string of the molecule is COC(=O)[C@@H](C)Oc1c(-c2ccccc2)oc2cc(C)ccc2c1=O. The van der Waals surface area contributed by atoms with Gasteiger partial charge in [-0.3, -0.25) is 4.79 Å². The smallest absolute Gasteiger partial charge is 0.346 e. The molecule has 2 aromatic carbocycles. The molecule has 0 unspecified atom stereocenters. The van der Waals surface area contributed by atoms with Gasteiger partial charge < -0.3 is 13.9 Å². The maximum atomic E-state index is 12.9. The Hall–Kier alpha value is -3.08. The highest BCUT2D eigenvalue weighted by atomic mass is 16.6. The van der Waals surface area contributed by atoms with E-state index >= 15 is 0 Å². The third-order valence-corrected chi connectivity index (χ3v) is 3.87. The van der Waals surface area contributed by atoms with Crippen molar-refractivity contribution >= 4 is 16.9 Å². The van der Waals surface area contributed by atoms with Crippen LogP contribution in [0.3, 0.4) is 0 Å². The van der Waals surface area contributed by atoms with Gasteiger partial charge in [0.2, 0.25) is 11.2 Å². The number of rotatable bonds is 4. The van der Waals surface area contributed by atoms with Crippen LogP contribution in [0.1, 0.15) is 12.5 Å². The van der Waals surface area contributed by atoms with E-state index in [2.05, 4.69) is 4.74 Å². The third kappa shape index (κ3) is 3.26. The zero-order valence-corrected chi connectivity index (χ0v) is 14.2. The lowest BCUT2D eigenvalue weighted by Crippen LogP contribution is -2.27. The monoisotopic (exact) mass is 338 g/mol. The van der Waals surface area contributed by atoms with Crippen molar-refractivity contribution in [3.8, 4) is 17.1 Å². The molecule has 0 fully saturated rings. The average Bonchev–Trinajstić information content (AvgIpc) is 2.63. The number of esters is 1. The standard InChI is InChI=1S/C20H18O5/c1-12-9-10-15-16(11-12)25-18(14-7-5-4-6-8-14)19(17(15)21)24-13(2)20(22)23-3/h4-11,13H,1-3H3/t13-/m1/s1. The molecule has 0 saturated heterocycles. The number of carbonyl (C=O) groups is 1. The molecule has 1 aromatic heterocycles. The molecule has 0 spiro atoms. The van der Waals surface area contributed by atoms with Gasteiger partial charge in [0.15, 0.2) is 11.9 Å². The van der Waals surface area contributed by atoms with Crippen molar-refractivity contribution < 1.29 is 18.7 Å². The van der Waals surface area contributed by atoms with E-state index in [0.29, 0.717) is 22.3 Å². The Labute approximate surface area is 144 Å². The van der Waals surface area contributed by atoms with Crippen LogP contribution in [0.25, 0.3) is 22.3 Å². The van der Waals surface area contributed by atoms with Crippen molar-refractivity contribution in [1.29, 1.82) is 0 Å². The Bertz CT molecular complexity index is 973. The lowest BCUT2D eigenvalue weighted by atomic mass is 10.1. The van der Waals surface area contributed by atoms with E-state index in [9.17, 15) is 9.59 Å². The van der Waals surface area contributed by atoms with Crippen LogP contribution >= 0.6 is 0 Å². The van der Waals surface area contributed by atoms with E-state index in [-0.39, 0.29) is 11.2 Å². The molecule has 3 rings (SSSR count). The fourth-order valence-electron chi connectivity index (χ4n) is 2.56. The van der Waals surface area contributed by atoms with Gasteiger partial charge in [-0.05, 0) is 31.5 Å². The van der Waals surface area contributed by atoms with Crippen LogP contribution in [-0.2, 0) is 9.53 Å². The molecule has 128 valence electrons. The van der Waals surface area contributed by atoms with Crippen LogP contribution in [0.2, 0.25) is 0 Å². The number of hydrogen-bond acceptors (Lipinski definition) is 5. The van der Waals surface area contributed by atoms with E-state index in [1.807, 2.05) is 43.3 Å². The molecular weight excluding hydrogens is 320 g/mol. The Morgan fingerprint density at radius 2 is 1.84 bits per heavy atom. The van der Waals surface area contributed by atoms with E-state index < -0.39 is 12.1 Å². The largest absolute Gasteiger partial charge is 0.471 e. The van der Waals surface area contributed by atoms with Gasteiger partial charge in [0.05, 0.1) is 12.5 Å². The van der Waals surface area contributed by atoms with Gasteiger partial charge in [-0.15, -0.1) is 0 Å². The molecular formula is C20H18O5. The Morgan fingerprint density at radius 1 is 1.12 bits per heavy atom. The molecule has 1 atom stereocenters. The number of ether oxygens (including phenoxy) is 2. The summed E-state index contributed by atoms with van der Waals surface area (Å²) < 4.78 is 16.3. The minimum Gasteiger partial charge on any atom is -0.471 e. The highest BCUT2D eigenvalue weighted by molar-refractivity contribution is 5.83. The van der Waals surface area contributed by atoms with Crippen LogP contribution in [0.15, 0.2) is 57.7 Å². The first-order chi connectivity index (χ1) is 12.0. The first kappa shape index (κ1) is 16.8. The van der Waals surface area contributed by atoms with Crippen LogP contribution in [0, 0.1) is 6.92 Å². The lowest BCUT2D eigenvalue weighted by molar-refractivity contribution is -0.147. The second-order valence-electron chi connectivity index (χ2n) is 5.74. The molecule has 5 heteroatoms. The van der Waals surface area contributed by atoms with E-state index in [1.54, 1.807) is 12.1 Å². The highest BCUT2D eigenvalue weighted by Crippen LogP contribution is 2.31. The van der Waals surface area contributed by atoms with Gasteiger partial charge in [0.1, 0.15) is 5.58 Å². The zero-order chi connectivity index (χ0) is 18.0. The zero-order valence-electron chi connectivity index (χ0n) is 14.2. The summed E-state index contributed by atoms with van der Waals surface area (Å²) in [5.74, 6) is -0.276. The van der Waals surface area contributed by atoms with Crippen molar-refractivity contribution in [2.45, 2.75) is 20.0 Å². The molecule has 25 heavy (non-hydrogen) atoms. The normalized spacial score (nSPS) is 12.0. The highest BCUT2D eigenvalue weighted by Gasteiger charge is 2.23. The molecule has 0 bridgehead atoms. The molecule has 5 nitrogen and oxygen atoms in total. The van der Waals surface area contributed by atoms with Gasteiger partial charge in [0.25, 0.3) is 0 Å². The van der Waals surface area contributed by atoms with Crippen molar-refractivity contribution in [3.05, 3.63) is 64.3 Å². The average molecular weight is 338 g/mol. The van der Waals surface area contributed by atoms with Crippen LogP contribution in [0.5, 0.6) is 5.75 Å². The summed E-state index contributed by atoms with van der Waals surface area (Å²) in [5.41, 5.74) is 1.82. The molecule has 0 aliphatic carbocycles. The fraction of sp³-hybridized carbons (Fsp3) is 0.200. The number of aryl methyl sites for hydroxylation is 1. The van der Waals surface area contributed by atoms with Crippen molar-refractivity contribution in [1.82, 2.24) is 0 Å². The Kier molecular flexibility index (Phi) is 4.57. The summed E-state index contributed by atoms with van der Waals surface area (Å²) >= 11 is 0. The summed E-state index contributed by atoms with van der Waals surface area (Å²) in [6.07, 6.45) is -0.932. The molecule has 0 aliphatic heterocycles. The number of carbonyl (C=O) groups excluding carboxylic acids is 1.